The first kappa shape index (κ1) is 19.7. The second kappa shape index (κ2) is 8.12. The van der Waals surface area contributed by atoms with E-state index in [0.29, 0.717) is 0 Å². The molecule has 1 aliphatic heterocycles. The summed E-state index contributed by atoms with van der Waals surface area (Å²) in [6.45, 7) is 2.90. The molecule has 0 N–H and O–H groups in total. The lowest BCUT2D eigenvalue weighted by Crippen LogP contribution is -2.40. The first-order valence-corrected chi connectivity index (χ1v) is 10.6. The summed E-state index contributed by atoms with van der Waals surface area (Å²) in [5.41, 5.74) is 2.97. The molecule has 2 atom stereocenters. The van der Waals surface area contributed by atoms with E-state index in [1.807, 2.05) is 30.3 Å². The van der Waals surface area contributed by atoms with Crippen molar-refractivity contribution < 1.29 is 13.5 Å². The third-order valence-corrected chi connectivity index (χ3v) is 5.90. The van der Waals surface area contributed by atoms with Crippen molar-refractivity contribution in [3.8, 4) is 5.75 Å². The standard InChI is InChI=1S/C27H23F2NO/c1-2-17-30-26(19-7-12-21(28)13-8-19)25-23-6-4-3-5-18(23)11-16-24(25)31-27(30)20-9-14-22(29)15-10-20/h3-16,26-27H,2,17H2,1H3. The molecule has 31 heavy (non-hydrogen) atoms. The quantitative estimate of drug-likeness (QED) is 0.355. The minimum Gasteiger partial charge on any atom is -0.470 e. The Morgan fingerprint density at radius 1 is 0.774 bits per heavy atom. The molecule has 0 spiro atoms. The third-order valence-electron chi connectivity index (χ3n) is 5.90. The number of ether oxygens (including phenoxy) is 1. The lowest BCUT2D eigenvalue weighted by atomic mass is 9.89. The molecule has 0 bridgehead atoms. The average Bonchev–Trinajstić information content (AvgIpc) is 2.80. The third kappa shape index (κ3) is 3.57. The number of hydrogen-bond acceptors (Lipinski definition) is 2. The van der Waals surface area contributed by atoms with Gasteiger partial charge in [-0.15, -0.1) is 0 Å². The van der Waals surface area contributed by atoms with Gasteiger partial charge in [0.2, 0.25) is 0 Å². The van der Waals surface area contributed by atoms with E-state index in [0.717, 1.165) is 46.2 Å². The summed E-state index contributed by atoms with van der Waals surface area (Å²) in [6, 6.07) is 25.4. The van der Waals surface area contributed by atoms with Crippen LogP contribution in [0.5, 0.6) is 5.75 Å². The monoisotopic (exact) mass is 415 g/mol. The van der Waals surface area contributed by atoms with Crippen LogP contribution in [0.1, 0.15) is 42.3 Å². The van der Waals surface area contributed by atoms with Crippen molar-refractivity contribution in [1.82, 2.24) is 4.90 Å². The van der Waals surface area contributed by atoms with Crippen LogP contribution in [-0.2, 0) is 0 Å². The maximum absolute atomic E-state index is 13.8. The number of rotatable bonds is 4. The van der Waals surface area contributed by atoms with Gasteiger partial charge in [0, 0.05) is 17.7 Å². The highest BCUT2D eigenvalue weighted by atomic mass is 19.1. The van der Waals surface area contributed by atoms with Crippen LogP contribution >= 0.6 is 0 Å². The zero-order valence-corrected chi connectivity index (χ0v) is 17.3. The van der Waals surface area contributed by atoms with Crippen molar-refractivity contribution in [3.05, 3.63) is 113 Å². The summed E-state index contributed by atoms with van der Waals surface area (Å²) < 4.78 is 33.9. The minimum atomic E-state index is -0.371. The van der Waals surface area contributed by atoms with Gasteiger partial charge in [0.15, 0.2) is 6.23 Å². The summed E-state index contributed by atoms with van der Waals surface area (Å²) in [6.07, 6.45) is 0.544. The first-order valence-electron chi connectivity index (χ1n) is 10.6. The van der Waals surface area contributed by atoms with Crippen LogP contribution in [0.4, 0.5) is 8.78 Å². The van der Waals surface area contributed by atoms with E-state index in [9.17, 15) is 8.78 Å². The van der Waals surface area contributed by atoms with Gasteiger partial charge in [-0.05, 0) is 53.1 Å². The number of nitrogens with zero attached hydrogens (tertiary/aromatic N) is 1. The Morgan fingerprint density at radius 2 is 1.42 bits per heavy atom. The van der Waals surface area contributed by atoms with Crippen LogP contribution in [0.25, 0.3) is 10.8 Å². The highest BCUT2D eigenvalue weighted by Gasteiger charge is 2.38. The van der Waals surface area contributed by atoms with Gasteiger partial charge in [-0.1, -0.05) is 61.5 Å². The minimum absolute atomic E-state index is 0.120. The Kier molecular flexibility index (Phi) is 5.16. The van der Waals surface area contributed by atoms with Gasteiger partial charge < -0.3 is 4.74 Å². The topological polar surface area (TPSA) is 12.5 Å². The fourth-order valence-electron chi connectivity index (χ4n) is 4.54. The highest BCUT2D eigenvalue weighted by Crippen LogP contribution is 2.48. The van der Waals surface area contributed by atoms with Gasteiger partial charge in [-0.25, -0.2) is 8.78 Å². The van der Waals surface area contributed by atoms with Crippen molar-refractivity contribution in [2.75, 3.05) is 6.54 Å². The Balaban J connectivity index is 1.75. The normalized spacial score (nSPS) is 18.5. The summed E-state index contributed by atoms with van der Waals surface area (Å²) in [7, 11) is 0. The molecular weight excluding hydrogens is 392 g/mol. The van der Waals surface area contributed by atoms with E-state index < -0.39 is 0 Å². The molecule has 4 aromatic carbocycles. The van der Waals surface area contributed by atoms with E-state index in [1.54, 1.807) is 12.1 Å². The van der Waals surface area contributed by atoms with Crippen molar-refractivity contribution >= 4 is 10.8 Å². The zero-order chi connectivity index (χ0) is 21.4. The van der Waals surface area contributed by atoms with Crippen molar-refractivity contribution in [2.24, 2.45) is 0 Å². The summed E-state index contributed by atoms with van der Waals surface area (Å²) in [5.74, 6) is 0.267. The van der Waals surface area contributed by atoms with E-state index in [4.69, 9.17) is 4.74 Å². The Labute approximate surface area is 180 Å². The number of hydrogen-bond donors (Lipinski definition) is 0. The zero-order valence-electron chi connectivity index (χ0n) is 17.3. The van der Waals surface area contributed by atoms with Crippen molar-refractivity contribution in [2.45, 2.75) is 25.6 Å². The number of benzene rings is 4. The smallest absolute Gasteiger partial charge is 0.179 e. The van der Waals surface area contributed by atoms with Gasteiger partial charge in [0.05, 0.1) is 6.04 Å². The fraction of sp³-hybridized carbons (Fsp3) is 0.185. The predicted octanol–water partition coefficient (Wildman–Crippen LogP) is 7.01. The molecule has 0 aliphatic carbocycles. The number of fused-ring (bicyclic) bond motifs is 3. The first-order chi connectivity index (χ1) is 15.2. The van der Waals surface area contributed by atoms with Gasteiger partial charge in [-0.2, -0.15) is 0 Å². The highest BCUT2D eigenvalue weighted by molar-refractivity contribution is 5.89. The molecule has 0 aromatic heterocycles. The van der Waals surface area contributed by atoms with Crippen LogP contribution in [0.15, 0.2) is 84.9 Å². The molecule has 0 amide bonds. The molecule has 1 heterocycles. The molecule has 0 radical (unpaired) electrons. The molecule has 5 rings (SSSR count). The van der Waals surface area contributed by atoms with Crippen LogP contribution in [0.2, 0.25) is 0 Å². The number of halogens is 2. The second-order valence-corrected chi connectivity index (χ2v) is 7.91. The SMILES string of the molecule is CCCN1C(c2ccc(F)cc2)Oc2ccc3ccccc3c2C1c1ccc(F)cc1. The predicted molar refractivity (Wildman–Crippen MR) is 119 cm³/mol. The molecule has 4 heteroatoms. The molecule has 2 nitrogen and oxygen atoms in total. The average molecular weight is 415 g/mol. The van der Waals surface area contributed by atoms with Gasteiger partial charge >= 0.3 is 0 Å². The molecule has 0 saturated carbocycles. The molecule has 2 unspecified atom stereocenters. The second-order valence-electron chi connectivity index (χ2n) is 7.91. The molecule has 4 aromatic rings. The van der Waals surface area contributed by atoms with Crippen molar-refractivity contribution in [3.63, 3.8) is 0 Å². The Morgan fingerprint density at radius 3 is 2.10 bits per heavy atom. The van der Waals surface area contributed by atoms with Gasteiger partial charge in [-0.3, -0.25) is 4.90 Å². The van der Waals surface area contributed by atoms with E-state index >= 15 is 0 Å². The van der Waals surface area contributed by atoms with Crippen LogP contribution < -0.4 is 4.74 Å². The molecule has 0 fully saturated rings. The maximum Gasteiger partial charge on any atom is 0.179 e. The fourth-order valence-corrected chi connectivity index (χ4v) is 4.54. The molecule has 0 saturated heterocycles. The summed E-state index contributed by atoms with van der Waals surface area (Å²) in [4.78, 5) is 2.29. The Hall–Kier alpha value is -3.24. The molecule has 156 valence electrons. The van der Waals surface area contributed by atoms with Crippen LogP contribution in [0, 0.1) is 11.6 Å². The van der Waals surface area contributed by atoms with E-state index in [2.05, 4.69) is 30.0 Å². The lowest BCUT2D eigenvalue weighted by Gasteiger charge is -2.44. The largest absolute Gasteiger partial charge is 0.470 e. The van der Waals surface area contributed by atoms with Crippen molar-refractivity contribution in [1.29, 1.82) is 0 Å². The van der Waals surface area contributed by atoms with Crippen LogP contribution in [-0.4, -0.2) is 11.4 Å². The maximum atomic E-state index is 13.8. The van der Waals surface area contributed by atoms with Gasteiger partial charge in [0.25, 0.3) is 0 Å². The lowest BCUT2D eigenvalue weighted by molar-refractivity contribution is -0.0187. The van der Waals surface area contributed by atoms with Crippen LogP contribution in [0.3, 0.4) is 0 Å². The summed E-state index contributed by atoms with van der Waals surface area (Å²) >= 11 is 0. The van der Waals surface area contributed by atoms with E-state index in [1.165, 1.54) is 24.3 Å². The summed E-state index contributed by atoms with van der Waals surface area (Å²) in [5, 5.41) is 2.25. The van der Waals surface area contributed by atoms with Gasteiger partial charge in [0.1, 0.15) is 17.4 Å². The Bertz CT molecular complexity index is 1200. The van der Waals surface area contributed by atoms with E-state index in [-0.39, 0.29) is 23.9 Å². The molecular formula is C27H23F2NO. The molecule has 1 aliphatic rings.